The standard InChI is InChI=1S/C18H25NO2/c1-6-8-14-12(5)19(11(3)4)17-15(14)9-13(7-2)10-16(17)18(20)21/h9-11H,6-8H2,1-5H3,(H,20,21). The van der Waals surface area contributed by atoms with Crippen LogP contribution in [-0.2, 0) is 12.8 Å². The first-order valence-electron chi connectivity index (χ1n) is 7.81. The predicted octanol–water partition coefficient (Wildman–Crippen LogP) is 4.74. The van der Waals surface area contributed by atoms with E-state index >= 15 is 0 Å². The molecule has 0 amide bonds. The lowest BCUT2D eigenvalue weighted by Crippen LogP contribution is -2.07. The van der Waals surface area contributed by atoms with Gasteiger partial charge in [-0.05, 0) is 56.9 Å². The summed E-state index contributed by atoms with van der Waals surface area (Å²) in [6.07, 6.45) is 2.92. The van der Waals surface area contributed by atoms with E-state index in [0.29, 0.717) is 5.56 Å². The number of rotatable bonds is 5. The van der Waals surface area contributed by atoms with Crippen LogP contribution < -0.4 is 0 Å². The molecule has 21 heavy (non-hydrogen) atoms. The van der Waals surface area contributed by atoms with E-state index in [4.69, 9.17) is 0 Å². The highest BCUT2D eigenvalue weighted by Gasteiger charge is 2.21. The third-order valence-corrected chi connectivity index (χ3v) is 4.19. The molecule has 3 nitrogen and oxygen atoms in total. The van der Waals surface area contributed by atoms with Crippen LogP contribution in [0.3, 0.4) is 0 Å². The minimum Gasteiger partial charge on any atom is -0.478 e. The fraction of sp³-hybridized carbons (Fsp3) is 0.500. The number of aromatic nitrogens is 1. The van der Waals surface area contributed by atoms with Crippen LogP contribution in [0.4, 0.5) is 0 Å². The Morgan fingerprint density at radius 2 is 1.95 bits per heavy atom. The molecule has 0 saturated carbocycles. The van der Waals surface area contributed by atoms with Crippen molar-refractivity contribution < 1.29 is 9.90 Å². The summed E-state index contributed by atoms with van der Waals surface area (Å²) in [6.45, 7) is 10.6. The van der Waals surface area contributed by atoms with Gasteiger partial charge in [-0.25, -0.2) is 4.79 Å². The predicted molar refractivity (Wildman–Crippen MR) is 87.4 cm³/mol. The summed E-state index contributed by atoms with van der Waals surface area (Å²) in [5.41, 5.74) is 4.92. The molecule has 0 spiro atoms. The first-order chi connectivity index (χ1) is 9.92. The van der Waals surface area contributed by atoms with E-state index < -0.39 is 5.97 Å². The van der Waals surface area contributed by atoms with Crippen LogP contribution in [0.2, 0.25) is 0 Å². The van der Waals surface area contributed by atoms with E-state index in [-0.39, 0.29) is 6.04 Å². The Bertz CT molecular complexity index is 680. The van der Waals surface area contributed by atoms with E-state index in [1.165, 1.54) is 11.3 Å². The van der Waals surface area contributed by atoms with Crippen molar-refractivity contribution in [2.24, 2.45) is 0 Å². The number of aromatic carboxylic acids is 1. The van der Waals surface area contributed by atoms with Crippen molar-refractivity contribution in [2.75, 3.05) is 0 Å². The number of hydrogen-bond donors (Lipinski definition) is 1. The Hall–Kier alpha value is -1.77. The van der Waals surface area contributed by atoms with Gasteiger partial charge >= 0.3 is 5.97 Å². The molecule has 0 radical (unpaired) electrons. The molecule has 114 valence electrons. The topological polar surface area (TPSA) is 42.2 Å². The van der Waals surface area contributed by atoms with Crippen LogP contribution in [-0.4, -0.2) is 15.6 Å². The third kappa shape index (κ3) is 2.57. The molecule has 2 aromatic rings. The lowest BCUT2D eigenvalue weighted by atomic mass is 10.00. The van der Waals surface area contributed by atoms with Gasteiger partial charge in [-0.1, -0.05) is 20.3 Å². The van der Waals surface area contributed by atoms with Crippen LogP contribution in [0.25, 0.3) is 10.9 Å². The zero-order chi connectivity index (χ0) is 15.7. The number of aryl methyl sites for hydroxylation is 2. The molecule has 0 aliphatic heterocycles. The van der Waals surface area contributed by atoms with Gasteiger partial charge < -0.3 is 9.67 Å². The summed E-state index contributed by atoms with van der Waals surface area (Å²) in [6, 6.07) is 4.26. The second-order valence-corrected chi connectivity index (χ2v) is 5.98. The second-order valence-electron chi connectivity index (χ2n) is 5.98. The molecule has 0 atom stereocenters. The second kappa shape index (κ2) is 5.92. The highest BCUT2D eigenvalue weighted by Crippen LogP contribution is 2.33. The summed E-state index contributed by atoms with van der Waals surface area (Å²) in [5, 5.41) is 10.8. The van der Waals surface area contributed by atoms with E-state index in [9.17, 15) is 9.90 Å². The third-order valence-electron chi connectivity index (χ3n) is 4.19. The van der Waals surface area contributed by atoms with Crippen molar-refractivity contribution in [1.29, 1.82) is 0 Å². The van der Waals surface area contributed by atoms with Crippen LogP contribution >= 0.6 is 0 Å². The molecule has 1 heterocycles. The Kier molecular flexibility index (Phi) is 4.40. The molecule has 0 saturated heterocycles. The van der Waals surface area contributed by atoms with E-state index in [1.807, 2.05) is 6.07 Å². The van der Waals surface area contributed by atoms with E-state index in [0.717, 1.165) is 35.7 Å². The molecule has 0 bridgehead atoms. The molecule has 2 rings (SSSR count). The maximum absolute atomic E-state index is 11.7. The van der Waals surface area contributed by atoms with Crippen molar-refractivity contribution in [3.63, 3.8) is 0 Å². The van der Waals surface area contributed by atoms with Gasteiger partial charge in [-0.3, -0.25) is 0 Å². The smallest absolute Gasteiger partial charge is 0.337 e. The summed E-state index contributed by atoms with van der Waals surface area (Å²) >= 11 is 0. The van der Waals surface area contributed by atoms with Gasteiger partial charge in [0, 0.05) is 17.1 Å². The van der Waals surface area contributed by atoms with E-state index in [1.54, 1.807) is 0 Å². The lowest BCUT2D eigenvalue weighted by Gasteiger charge is -2.14. The highest BCUT2D eigenvalue weighted by molar-refractivity contribution is 6.04. The summed E-state index contributed by atoms with van der Waals surface area (Å²) in [7, 11) is 0. The molecular formula is C18H25NO2. The Labute approximate surface area is 126 Å². The zero-order valence-electron chi connectivity index (χ0n) is 13.7. The lowest BCUT2D eigenvalue weighted by molar-refractivity contribution is 0.0698. The zero-order valence-corrected chi connectivity index (χ0v) is 13.7. The Balaban J connectivity index is 2.95. The molecule has 0 fully saturated rings. The number of carbonyl (C=O) groups is 1. The van der Waals surface area contributed by atoms with Gasteiger partial charge in [0.25, 0.3) is 0 Å². The largest absolute Gasteiger partial charge is 0.478 e. The van der Waals surface area contributed by atoms with Crippen LogP contribution in [0.5, 0.6) is 0 Å². The Morgan fingerprint density at radius 1 is 1.29 bits per heavy atom. The summed E-state index contributed by atoms with van der Waals surface area (Å²) < 4.78 is 2.18. The van der Waals surface area contributed by atoms with Crippen LogP contribution in [0.15, 0.2) is 12.1 Å². The maximum atomic E-state index is 11.7. The van der Waals surface area contributed by atoms with Gasteiger partial charge in [0.15, 0.2) is 0 Å². The fourth-order valence-electron chi connectivity index (χ4n) is 3.27. The van der Waals surface area contributed by atoms with Gasteiger partial charge in [0.05, 0.1) is 11.1 Å². The summed E-state index contributed by atoms with van der Waals surface area (Å²) in [5.74, 6) is -0.835. The highest BCUT2D eigenvalue weighted by atomic mass is 16.4. The summed E-state index contributed by atoms with van der Waals surface area (Å²) in [4.78, 5) is 11.7. The van der Waals surface area contributed by atoms with Crippen molar-refractivity contribution in [2.45, 2.75) is 59.9 Å². The monoisotopic (exact) mass is 287 g/mol. The van der Waals surface area contributed by atoms with Crippen molar-refractivity contribution >= 4 is 16.9 Å². The van der Waals surface area contributed by atoms with Gasteiger partial charge in [-0.15, -0.1) is 0 Å². The van der Waals surface area contributed by atoms with Gasteiger partial charge in [0.1, 0.15) is 0 Å². The minimum absolute atomic E-state index is 0.253. The van der Waals surface area contributed by atoms with Gasteiger partial charge in [-0.2, -0.15) is 0 Å². The van der Waals surface area contributed by atoms with Crippen molar-refractivity contribution in [3.8, 4) is 0 Å². The maximum Gasteiger partial charge on any atom is 0.337 e. The number of benzene rings is 1. The fourth-order valence-corrected chi connectivity index (χ4v) is 3.27. The first kappa shape index (κ1) is 15.6. The Morgan fingerprint density at radius 3 is 2.43 bits per heavy atom. The minimum atomic E-state index is -0.835. The molecule has 1 N–H and O–H groups in total. The molecule has 1 aromatic heterocycles. The van der Waals surface area contributed by atoms with Crippen LogP contribution in [0.1, 0.15) is 67.3 Å². The number of carboxylic acid groups (broad SMARTS) is 1. The molecular weight excluding hydrogens is 262 g/mol. The quantitative estimate of drug-likeness (QED) is 0.862. The SMILES string of the molecule is CCCc1c(C)n(C(C)C)c2c(C(=O)O)cc(CC)cc12. The number of hydrogen-bond acceptors (Lipinski definition) is 1. The molecule has 3 heteroatoms. The molecule has 0 aliphatic carbocycles. The first-order valence-corrected chi connectivity index (χ1v) is 7.81. The molecule has 0 aliphatic rings. The van der Waals surface area contributed by atoms with Crippen molar-refractivity contribution in [1.82, 2.24) is 4.57 Å². The average molecular weight is 287 g/mol. The molecule has 1 aromatic carbocycles. The van der Waals surface area contributed by atoms with E-state index in [2.05, 4.69) is 45.3 Å². The van der Waals surface area contributed by atoms with Crippen molar-refractivity contribution in [3.05, 3.63) is 34.5 Å². The number of nitrogens with zero attached hydrogens (tertiary/aromatic N) is 1. The normalized spacial score (nSPS) is 11.5. The van der Waals surface area contributed by atoms with Crippen LogP contribution in [0, 0.1) is 6.92 Å². The van der Waals surface area contributed by atoms with Gasteiger partial charge in [0.2, 0.25) is 0 Å². The number of carboxylic acids is 1. The average Bonchev–Trinajstić information content (AvgIpc) is 2.71. The number of fused-ring (bicyclic) bond motifs is 1. The molecule has 0 unspecified atom stereocenters.